The van der Waals surface area contributed by atoms with Crippen molar-refractivity contribution in [3.8, 4) is 56.4 Å². The highest BCUT2D eigenvalue weighted by atomic mass is 15.0. The standard InChI is InChI=1S/C50H38N4/c1-2-9-35(10-3-1)47-52-48(36-17-15-33(16-18-36)41-14-6-11-34-12-7-23-51-46(34)41)54-49(53-47)37-19-21-42-44(29-37)50(38-25-30-24-31(27-38)28-39(50)26-30)43-22-20-32-8-4-5-13-40(32)45(42)43/h1-23,29-31,38-39H,24-28H2. The van der Waals surface area contributed by atoms with Gasteiger partial charge in [0.25, 0.3) is 0 Å². The lowest BCUT2D eigenvalue weighted by molar-refractivity contribution is -0.0399. The van der Waals surface area contributed by atoms with Crippen LogP contribution < -0.4 is 0 Å². The van der Waals surface area contributed by atoms with Gasteiger partial charge in [-0.1, -0.05) is 127 Å². The highest BCUT2D eigenvalue weighted by Crippen LogP contribution is 2.70. The first-order chi connectivity index (χ1) is 26.7. The fourth-order valence-electron chi connectivity index (χ4n) is 11.6. The van der Waals surface area contributed by atoms with Crippen LogP contribution in [-0.4, -0.2) is 19.9 Å². The van der Waals surface area contributed by atoms with Gasteiger partial charge < -0.3 is 0 Å². The number of benzene rings is 6. The summed E-state index contributed by atoms with van der Waals surface area (Å²) < 4.78 is 0. The lowest BCUT2D eigenvalue weighted by Crippen LogP contribution is -2.55. The predicted octanol–water partition coefficient (Wildman–Crippen LogP) is 12.0. The molecule has 5 aliphatic carbocycles. The largest absolute Gasteiger partial charge is 0.256 e. The third kappa shape index (κ3) is 4.37. The molecule has 4 heteroatoms. The topological polar surface area (TPSA) is 51.6 Å². The fraction of sp³-hybridized carbons (Fsp3) is 0.200. The molecule has 4 fully saturated rings. The van der Waals surface area contributed by atoms with E-state index in [4.69, 9.17) is 19.9 Å². The van der Waals surface area contributed by atoms with E-state index < -0.39 is 0 Å². The molecule has 4 bridgehead atoms. The van der Waals surface area contributed by atoms with Crippen LogP contribution in [0.15, 0.2) is 146 Å². The average Bonchev–Trinajstić information content (AvgIpc) is 3.53. The van der Waals surface area contributed by atoms with Crippen molar-refractivity contribution in [1.29, 1.82) is 0 Å². The summed E-state index contributed by atoms with van der Waals surface area (Å²) in [5.74, 6) is 5.22. The summed E-state index contributed by atoms with van der Waals surface area (Å²) >= 11 is 0. The molecule has 0 saturated heterocycles. The zero-order valence-electron chi connectivity index (χ0n) is 30.0. The maximum absolute atomic E-state index is 5.27. The molecule has 0 radical (unpaired) electrons. The van der Waals surface area contributed by atoms with Crippen molar-refractivity contribution in [2.45, 2.75) is 37.5 Å². The van der Waals surface area contributed by atoms with Crippen molar-refractivity contribution in [3.63, 3.8) is 0 Å². The Morgan fingerprint density at radius 2 is 1.07 bits per heavy atom. The zero-order valence-corrected chi connectivity index (χ0v) is 30.0. The number of fused-ring (bicyclic) bond motifs is 6. The monoisotopic (exact) mass is 694 g/mol. The molecule has 0 atom stereocenters. The average molecular weight is 695 g/mol. The molecule has 13 rings (SSSR count). The summed E-state index contributed by atoms with van der Waals surface area (Å²) in [4.78, 5) is 20.3. The number of pyridine rings is 1. The smallest absolute Gasteiger partial charge is 0.164 e. The van der Waals surface area contributed by atoms with E-state index in [2.05, 4.69) is 127 Å². The molecule has 0 N–H and O–H groups in total. The van der Waals surface area contributed by atoms with E-state index in [9.17, 15) is 0 Å². The molecule has 4 nitrogen and oxygen atoms in total. The highest BCUT2D eigenvalue weighted by molar-refractivity contribution is 6.03. The van der Waals surface area contributed by atoms with Crippen molar-refractivity contribution >= 4 is 21.7 Å². The SMILES string of the molecule is c1ccc(-c2nc(-c3ccc(-c4cccc5cccnc45)cc3)nc(-c3ccc4c(c3)C3(c5ccc6ccccc6c5-4)C4CC5CC(C4)CC3C5)n2)cc1. The number of nitrogens with zero attached hydrogens (tertiary/aromatic N) is 4. The van der Waals surface area contributed by atoms with Crippen LogP contribution in [0.4, 0.5) is 0 Å². The molecular weight excluding hydrogens is 657 g/mol. The summed E-state index contributed by atoms with van der Waals surface area (Å²) in [6.07, 6.45) is 8.70. The Labute approximate surface area is 315 Å². The van der Waals surface area contributed by atoms with Gasteiger partial charge in [-0.2, -0.15) is 0 Å². The Kier molecular flexibility index (Phi) is 6.49. The lowest BCUT2D eigenvalue weighted by atomic mass is 9.43. The van der Waals surface area contributed by atoms with Crippen LogP contribution in [0, 0.1) is 23.7 Å². The van der Waals surface area contributed by atoms with Crippen LogP contribution in [0.25, 0.3) is 78.1 Å². The molecule has 4 saturated carbocycles. The second kappa shape index (κ2) is 11.5. The van der Waals surface area contributed by atoms with Crippen LogP contribution in [0.1, 0.15) is 43.2 Å². The van der Waals surface area contributed by atoms with Crippen LogP contribution in [-0.2, 0) is 5.41 Å². The van der Waals surface area contributed by atoms with E-state index in [0.717, 1.165) is 56.4 Å². The second-order valence-electron chi connectivity index (χ2n) is 16.3. The van der Waals surface area contributed by atoms with E-state index in [1.807, 2.05) is 18.3 Å². The Morgan fingerprint density at radius 3 is 1.85 bits per heavy atom. The fourth-order valence-corrected chi connectivity index (χ4v) is 11.6. The van der Waals surface area contributed by atoms with Gasteiger partial charge in [-0.15, -0.1) is 0 Å². The van der Waals surface area contributed by atoms with E-state index >= 15 is 0 Å². The normalized spacial score (nSPS) is 23.3. The molecule has 2 aromatic heterocycles. The minimum atomic E-state index is 0.0442. The van der Waals surface area contributed by atoms with Gasteiger partial charge in [0, 0.05) is 39.3 Å². The maximum Gasteiger partial charge on any atom is 0.164 e. The molecule has 258 valence electrons. The van der Waals surface area contributed by atoms with E-state index in [0.29, 0.717) is 23.5 Å². The third-order valence-corrected chi connectivity index (χ3v) is 13.5. The van der Waals surface area contributed by atoms with Crippen molar-refractivity contribution in [2.24, 2.45) is 23.7 Å². The Balaban J connectivity index is 1.03. The van der Waals surface area contributed by atoms with Crippen molar-refractivity contribution in [2.75, 3.05) is 0 Å². The molecular formula is C50H38N4. The molecule has 0 aliphatic heterocycles. The lowest BCUT2D eigenvalue weighted by Gasteiger charge is -2.61. The van der Waals surface area contributed by atoms with Gasteiger partial charge in [0.1, 0.15) is 0 Å². The molecule has 0 amide bonds. The van der Waals surface area contributed by atoms with Crippen molar-refractivity contribution in [3.05, 3.63) is 157 Å². The quantitative estimate of drug-likeness (QED) is 0.184. The number of hydrogen-bond donors (Lipinski definition) is 0. The predicted molar refractivity (Wildman–Crippen MR) is 218 cm³/mol. The van der Waals surface area contributed by atoms with Gasteiger partial charge in [-0.05, 0) is 106 Å². The minimum Gasteiger partial charge on any atom is -0.256 e. The summed E-state index contributed by atoms with van der Waals surface area (Å²) in [7, 11) is 0. The summed E-state index contributed by atoms with van der Waals surface area (Å²) in [6, 6.07) is 50.4. The number of rotatable bonds is 4. The van der Waals surface area contributed by atoms with Gasteiger partial charge in [-0.3, -0.25) is 4.98 Å². The Bertz CT molecular complexity index is 2750. The molecule has 5 aliphatic rings. The Hall–Kier alpha value is -6.00. The van der Waals surface area contributed by atoms with Crippen molar-refractivity contribution < 1.29 is 0 Å². The molecule has 0 unspecified atom stereocenters. The summed E-state index contributed by atoms with van der Waals surface area (Å²) in [6.45, 7) is 0. The first-order valence-corrected chi connectivity index (χ1v) is 19.6. The van der Waals surface area contributed by atoms with E-state index in [1.54, 1.807) is 5.56 Å². The molecule has 54 heavy (non-hydrogen) atoms. The molecule has 1 spiro atoms. The highest BCUT2D eigenvalue weighted by Gasteiger charge is 2.61. The summed E-state index contributed by atoms with van der Waals surface area (Å²) in [5, 5.41) is 3.84. The van der Waals surface area contributed by atoms with Gasteiger partial charge in [-0.25, -0.2) is 15.0 Å². The molecule has 8 aromatic rings. The van der Waals surface area contributed by atoms with Crippen LogP contribution >= 0.6 is 0 Å². The zero-order chi connectivity index (χ0) is 35.4. The first-order valence-electron chi connectivity index (χ1n) is 19.6. The molecule has 6 aromatic carbocycles. The van der Waals surface area contributed by atoms with Crippen LogP contribution in [0.2, 0.25) is 0 Å². The number of hydrogen-bond acceptors (Lipinski definition) is 4. The number of para-hydroxylation sites is 1. The summed E-state index contributed by atoms with van der Waals surface area (Å²) in [5.41, 5.74) is 12.3. The first kappa shape index (κ1) is 30.5. The minimum absolute atomic E-state index is 0.0442. The van der Waals surface area contributed by atoms with Gasteiger partial charge >= 0.3 is 0 Å². The van der Waals surface area contributed by atoms with Crippen molar-refractivity contribution in [1.82, 2.24) is 19.9 Å². The third-order valence-electron chi connectivity index (χ3n) is 13.5. The van der Waals surface area contributed by atoms with Crippen LogP contribution in [0.5, 0.6) is 0 Å². The molecule has 2 heterocycles. The van der Waals surface area contributed by atoms with Crippen LogP contribution in [0.3, 0.4) is 0 Å². The van der Waals surface area contributed by atoms with Gasteiger partial charge in [0.15, 0.2) is 17.5 Å². The second-order valence-corrected chi connectivity index (χ2v) is 16.3. The van der Waals surface area contributed by atoms with E-state index in [-0.39, 0.29) is 5.41 Å². The van der Waals surface area contributed by atoms with E-state index in [1.165, 1.54) is 59.6 Å². The van der Waals surface area contributed by atoms with Gasteiger partial charge in [0.2, 0.25) is 0 Å². The Morgan fingerprint density at radius 1 is 0.444 bits per heavy atom. The number of aromatic nitrogens is 4. The maximum atomic E-state index is 5.27. The van der Waals surface area contributed by atoms with Gasteiger partial charge in [0.05, 0.1) is 5.52 Å².